The van der Waals surface area contributed by atoms with Gasteiger partial charge < -0.3 is 19.9 Å². The fourth-order valence-electron chi connectivity index (χ4n) is 3.95. The van der Waals surface area contributed by atoms with E-state index in [0.717, 1.165) is 0 Å². The zero-order valence-corrected chi connectivity index (χ0v) is 14.7. The molecule has 136 valence electrons. The smallest absolute Gasteiger partial charge is 0.407 e. The summed E-state index contributed by atoms with van der Waals surface area (Å²) >= 11 is 0. The standard InChI is InChI=1S/C21H23NO4/c1-13-19(10-11-20(23)26-13)22-21(24)25-12-18-16-8-4-2-6-14(16)15-7-3-5-9-17(15)18/h2-9,13,18-20,23H,10-12H2,1H3,(H,22,24)/t13?,19-,20+/m1/s1. The first-order valence-corrected chi connectivity index (χ1v) is 9.08. The summed E-state index contributed by atoms with van der Waals surface area (Å²) < 4.78 is 10.9. The average Bonchev–Trinajstić information content (AvgIpc) is 2.96. The minimum absolute atomic E-state index is 0.0509. The van der Waals surface area contributed by atoms with E-state index < -0.39 is 12.4 Å². The number of rotatable bonds is 3. The Balaban J connectivity index is 1.42. The Morgan fingerprint density at radius 1 is 1.12 bits per heavy atom. The Hall–Kier alpha value is -2.37. The van der Waals surface area contributed by atoms with Gasteiger partial charge in [-0.1, -0.05) is 48.5 Å². The summed E-state index contributed by atoms with van der Waals surface area (Å²) in [4.78, 5) is 12.3. The van der Waals surface area contributed by atoms with Gasteiger partial charge >= 0.3 is 6.09 Å². The SMILES string of the molecule is CC1O[C@H](O)CC[C@H]1NC(=O)OCC1c2ccccc2-c2ccccc21. The number of aliphatic hydroxyl groups excluding tert-OH is 1. The largest absolute Gasteiger partial charge is 0.449 e. The van der Waals surface area contributed by atoms with Gasteiger partial charge in [0.2, 0.25) is 0 Å². The van der Waals surface area contributed by atoms with E-state index in [1.807, 2.05) is 31.2 Å². The number of hydrogen-bond donors (Lipinski definition) is 2. The van der Waals surface area contributed by atoms with Crippen LogP contribution in [-0.2, 0) is 9.47 Å². The Morgan fingerprint density at radius 2 is 1.73 bits per heavy atom. The van der Waals surface area contributed by atoms with Crippen molar-refractivity contribution in [1.29, 1.82) is 0 Å². The number of nitrogens with one attached hydrogen (secondary N) is 1. The summed E-state index contributed by atoms with van der Waals surface area (Å²) in [7, 11) is 0. The van der Waals surface area contributed by atoms with Crippen molar-refractivity contribution in [3.05, 3.63) is 59.7 Å². The van der Waals surface area contributed by atoms with E-state index in [2.05, 4.69) is 29.6 Å². The van der Waals surface area contributed by atoms with Crippen molar-refractivity contribution in [2.24, 2.45) is 0 Å². The highest BCUT2D eigenvalue weighted by atomic mass is 16.6. The fourth-order valence-corrected chi connectivity index (χ4v) is 3.95. The number of carbonyl (C=O) groups excluding carboxylic acids is 1. The highest BCUT2D eigenvalue weighted by Gasteiger charge is 2.31. The molecule has 5 nitrogen and oxygen atoms in total. The molecule has 0 saturated carbocycles. The number of alkyl carbamates (subject to hydrolysis) is 1. The molecule has 2 aromatic carbocycles. The first-order valence-electron chi connectivity index (χ1n) is 9.08. The van der Waals surface area contributed by atoms with Gasteiger partial charge in [0.05, 0.1) is 12.1 Å². The van der Waals surface area contributed by atoms with Crippen LogP contribution in [0.2, 0.25) is 0 Å². The molecule has 0 bridgehead atoms. The van der Waals surface area contributed by atoms with Crippen molar-refractivity contribution in [2.75, 3.05) is 6.61 Å². The van der Waals surface area contributed by atoms with Gasteiger partial charge in [-0.15, -0.1) is 0 Å². The van der Waals surface area contributed by atoms with Crippen LogP contribution < -0.4 is 5.32 Å². The van der Waals surface area contributed by atoms with E-state index in [0.29, 0.717) is 19.4 Å². The first-order chi connectivity index (χ1) is 12.6. The molecule has 5 heteroatoms. The molecule has 0 radical (unpaired) electrons. The molecule has 1 aliphatic carbocycles. The van der Waals surface area contributed by atoms with Crippen molar-refractivity contribution in [1.82, 2.24) is 5.32 Å². The fraction of sp³-hybridized carbons (Fsp3) is 0.381. The number of fused-ring (bicyclic) bond motifs is 3. The van der Waals surface area contributed by atoms with Crippen LogP contribution in [-0.4, -0.2) is 36.2 Å². The van der Waals surface area contributed by atoms with Crippen LogP contribution in [0.15, 0.2) is 48.5 Å². The molecular formula is C21H23NO4. The number of amides is 1. The number of benzene rings is 2. The van der Waals surface area contributed by atoms with Crippen LogP contribution >= 0.6 is 0 Å². The second kappa shape index (κ2) is 7.09. The minimum atomic E-state index is -0.745. The summed E-state index contributed by atoms with van der Waals surface area (Å²) in [6.45, 7) is 2.14. The van der Waals surface area contributed by atoms with Crippen molar-refractivity contribution >= 4 is 6.09 Å². The molecular weight excluding hydrogens is 330 g/mol. The summed E-state index contributed by atoms with van der Waals surface area (Å²) in [5.74, 6) is 0.0509. The van der Waals surface area contributed by atoms with E-state index in [1.165, 1.54) is 22.3 Å². The van der Waals surface area contributed by atoms with Crippen molar-refractivity contribution in [3.63, 3.8) is 0 Å². The molecule has 4 rings (SSSR count). The molecule has 3 atom stereocenters. The van der Waals surface area contributed by atoms with Crippen LogP contribution in [0.25, 0.3) is 11.1 Å². The first kappa shape index (κ1) is 17.1. The molecule has 2 N–H and O–H groups in total. The van der Waals surface area contributed by atoms with Gasteiger partial charge in [-0.25, -0.2) is 4.79 Å². The molecule has 1 saturated heterocycles. The van der Waals surface area contributed by atoms with Crippen molar-refractivity contribution in [2.45, 2.75) is 44.1 Å². The molecule has 2 aliphatic rings. The second-order valence-corrected chi connectivity index (χ2v) is 6.95. The predicted octanol–water partition coefficient (Wildman–Crippen LogP) is 3.41. The monoisotopic (exact) mass is 353 g/mol. The molecule has 1 unspecified atom stereocenters. The molecule has 1 heterocycles. The van der Waals surface area contributed by atoms with Crippen molar-refractivity contribution < 1.29 is 19.4 Å². The number of aliphatic hydroxyl groups is 1. The summed E-state index contributed by atoms with van der Waals surface area (Å²) in [6, 6.07) is 16.4. The summed E-state index contributed by atoms with van der Waals surface area (Å²) in [5, 5.41) is 12.4. The van der Waals surface area contributed by atoms with E-state index in [-0.39, 0.29) is 18.1 Å². The van der Waals surface area contributed by atoms with E-state index in [4.69, 9.17) is 9.47 Å². The van der Waals surface area contributed by atoms with Gasteiger partial charge in [0.25, 0.3) is 0 Å². The lowest BCUT2D eigenvalue weighted by Gasteiger charge is -2.32. The van der Waals surface area contributed by atoms with Gasteiger partial charge in [-0.2, -0.15) is 0 Å². The van der Waals surface area contributed by atoms with Crippen LogP contribution in [0.4, 0.5) is 4.79 Å². The molecule has 0 aromatic heterocycles. The van der Waals surface area contributed by atoms with Gasteiger partial charge in [-0.05, 0) is 35.6 Å². The van der Waals surface area contributed by atoms with Gasteiger partial charge in [-0.3, -0.25) is 0 Å². The molecule has 1 amide bonds. The minimum Gasteiger partial charge on any atom is -0.449 e. The summed E-state index contributed by atoms with van der Waals surface area (Å²) in [6.07, 6.45) is -0.237. The Kier molecular flexibility index (Phi) is 4.66. The molecule has 26 heavy (non-hydrogen) atoms. The third-order valence-corrected chi connectivity index (χ3v) is 5.31. The van der Waals surface area contributed by atoms with Crippen molar-refractivity contribution in [3.8, 4) is 11.1 Å². The number of ether oxygens (including phenoxy) is 2. The highest BCUT2D eigenvalue weighted by molar-refractivity contribution is 5.79. The molecule has 0 spiro atoms. The quantitative estimate of drug-likeness (QED) is 0.887. The maximum Gasteiger partial charge on any atom is 0.407 e. The van der Waals surface area contributed by atoms with Crippen LogP contribution in [0, 0.1) is 0 Å². The third-order valence-electron chi connectivity index (χ3n) is 5.31. The Morgan fingerprint density at radius 3 is 2.35 bits per heavy atom. The van der Waals surface area contributed by atoms with Gasteiger partial charge in [0, 0.05) is 12.3 Å². The highest BCUT2D eigenvalue weighted by Crippen LogP contribution is 2.44. The predicted molar refractivity (Wildman–Crippen MR) is 97.8 cm³/mol. The lowest BCUT2D eigenvalue weighted by Crippen LogP contribution is -2.48. The third kappa shape index (κ3) is 3.20. The Labute approximate surface area is 152 Å². The number of hydrogen-bond acceptors (Lipinski definition) is 4. The topological polar surface area (TPSA) is 67.8 Å². The van der Waals surface area contributed by atoms with E-state index in [1.54, 1.807) is 0 Å². The van der Waals surface area contributed by atoms with Gasteiger partial charge in [0.1, 0.15) is 6.61 Å². The van der Waals surface area contributed by atoms with Crippen LogP contribution in [0.5, 0.6) is 0 Å². The number of carbonyl (C=O) groups is 1. The lowest BCUT2D eigenvalue weighted by atomic mass is 9.98. The zero-order valence-electron chi connectivity index (χ0n) is 14.7. The normalized spacial score (nSPS) is 24.6. The zero-order chi connectivity index (χ0) is 18.1. The molecule has 2 aromatic rings. The second-order valence-electron chi connectivity index (χ2n) is 6.95. The Bertz CT molecular complexity index is 761. The maximum atomic E-state index is 12.3. The van der Waals surface area contributed by atoms with E-state index in [9.17, 15) is 9.90 Å². The summed E-state index contributed by atoms with van der Waals surface area (Å²) in [5.41, 5.74) is 4.80. The lowest BCUT2D eigenvalue weighted by molar-refractivity contribution is -0.166. The van der Waals surface area contributed by atoms with Crippen LogP contribution in [0.1, 0.15) is 36.8 Å². The van der Waals surface area contributed by atoms with E-state index >= 15 is 0 Å². The molecule has 1 fully saturated rings. The van der Waals surface area contributed by atoms with Gasteiger partial charge in [0.15, 0.2) is 6.29 Å². The molecule has 1 aliphatic heterocycles. The maximum absolute atomic E-state index is 12.3. The van der Waals surface area contributed by atoms with Crippen LogP contribution in [0.3, 0.4) is 0 Å². The average molecular weight is 353 g/mol.